The first-order valence-corrected chi connectivity index (χ1v) is 38.2. The molecule has 4 aliphatic heterocycles. The van der Waals surface area contributed by atoms with E-state index in [0.29, 0.717) is 0 Å². The first-order valence-electron chi connectivity index (χ1n) is 36.6. The molecule has 10 heteroatoms. The Balaban J connectivity index is 0.778. The number of benzene rings is 15. The number of fused-ring (bicyclic) bond motifs is 16. The quantitative estimate of drug-likeness (QED) is 0.112. The molecule has 21 rings (SSSR count). The molecule has 2 aliphatic carbocycles. The summed E-state index contributed by atoms with van der Waals surface area (Å²) in [4.78, 5) is 14.4. The lowest BCUT2D eigenvalue weighted by Crippen LogP contribution is -2.62. The number of hydrogen-bond acceptors (Lipinski definition) is 8. The van der Waals surface area contributed by atoms with Crippen LogP contribution in [0, 0.1) is 0 Å². The van der Waals surface area contributed by atoms with Crippen molar-refractivity contribution in [1.82, 2.24) is 0 Å². The van der Waals surface area contributed by atoms with Crippen LogP contribution in [-0.4, -0.2) is 13.4 Å². The summed E-state index contributed by atoms with van der Waals surface area (Å²) in [5.74, 6) is 3.25. The van der Waals surface area contributed by atoms with Gasteiger partial charge in [0.2, 0.25) is 0 Å². The van der Waals surface area contributed by atoms with Gasteiger partial charge in [0.1, 0.15) is 23.0 Å². The van der Waals surface area contributed by atoms with Gasteiger partial charge in [-0.2, -0.15) is 0 Å². The highest BCUT2D eigenvalue weighted by Crippen LogP contribution is 2.58. The molecule has 0 fully saturated rings. The van der Waals surface area contributed by atoms with E-state index in [1.165, 1.54) is 85.9 Å². The van der Waals surface area contributed by atoms with Crippen molar-refractivity contribution in [2.45, 2.75) is 58.1 Å². The molecule has 0 atom stereocenters. The van der Waals surface area contributed by atoms with Crippen molar-refractivity contribution >= 4 is 138 Å². The van der Waals surface area contributed by atoms with Gasteiger partial charge in [0.25, 0.3) is 13.4 Å². The van der Waals surface area contributed by atoms with Crippen LogP contribution in [0.2, 0.25) is 0 Å². The summed E-state index contributed by atoms with van der Waals surface area (Å²) in [6, 6.07) is 124. The molecular weight excluding hydrogens is 1330 g/mol. The highest BCUT2D eigenvalue weighted by atomic mass is 32.2. The highest BCUT2D eigenvalue weighted by molar-refractivity contribution is 8.00. The Morgan fingerprint density at radius 3 is 0.840 bits per heavy atom. The van der Waals surface area contributed by atoms with Crippen molar-refractivity contribution in [2.24, 2.45) is 0 Å². The van der Waals surface area contributed by atoms with Gasteiger partial charge in [-0.1, -0.05) is 250 Å². The summed E-state index contributed by atoms with van der Waals surface area (Å²) < 4.78 is 15.3. The Labute approximate surface area is 628 Å². The molecule has 6 aliphatic rings. The number of anilines is 12. The Bertz CT molecular complexity index is 5530. The largest absolute Gasteiger partial charge is 0.458 e. The van der Waals surface area contributed by atoms with Crippen LogP contribution in [0.5, 0.6) is 23.0 Å². The molecule has 0 radical (unpaired) electrons. The Morgan fingerprint density at radius 2 is 0.538 bits per heavy atom. The molecule has 0 saturated heterocycles. The van der Waals surface area contributed by atoms with E-state index in [9.17, 15) is 0 Å². The van der Waals surface area contributed by atoms with Crippen molar-refractivity contribution < 1.29 is 9.47 Å². The molecule has 4 heterocycles. The molecule has 0 aromatic heterocycles. The number of ether oxygens (including phenoxy) is 2. The smallest absolute Gasteiger partial charge is 0.253 e. The minimum atomic E-state index is -0.330. The molecule has 0 amide bonds. The average Bonchev–Trinajstić information content (AvgIpc) is 1.03. The van der Waals surface area contributed by atoms with E-state index in [2.05, 4.69) is 387 Å². The lowest BCUT2D eigenvalue weighted by molar-refractivity contribution is 0.464. The van der Waals surface area contributed by atoms with Crippen LogP contribution >= 0.6 is 23.5 Å². The maximum Gasteiger partial charge on any atom is 0.253 e. The molecule has 0 unspecified atom stereocenters. The van der Waals surface area contributed by atoms with Gasteiger partial charge >= 0.3 is 0 Å². The molecule has 0 bridgehead atoms. The third kappa shape index (κ3) is 9.70. The molecule has 15 aromatic rings. The lowest BCUT2D eigenvalue weighted by Gasteiger charge is -2.38. The fourth-order valence-corrected chi connectivity index (χ4v) is 20.6. The maximum absolute atomic E-state index is 7.66. The molecule has 502 valence electrons. The highest BCUT2D eigenvalue weighted by Gasteiger charge is 2.49. The summed E-state index contributed by atoms with van der Waals surface area (Å²) >= 11 is 3.80. The van der Waals surface area contributed by atoms with Crippen LogP contribution in [0.15, 0.2) is 359 Å². The van der Waals surface area contributed by atoms with E-state index in [0.717, 1.165) is 102 Å². The van der Waals surface area contributed by atoms with E-state index in [1.54, 1.807) is 0 Å². The van der Waals surface area contributed by atoms with Gasteiger partial charge in [-0.05, 0) is 200 Å². The van der Waals surface area contributed by atoms with Crippen LogP contribution in [0.3, 0.4) is 0 Å². The number of nitrogens with zero attached hydrogens (tertiary/aromatic N) is 4. The maximum atomic E-state index is 7.66. The average molecular weight is 1400 g/mol. The summed E-state index contributed by atoms with van der Waals surface area (Å²) in [6.07, 6.45) is 0. The van der Waals surface area contributed by atoms with Crippen LogP contribution < -0.4 is 61.9 Å². The van der Waals surface area contributed by atoms with E-state index in [4.69, 9.17) is 9.47 Å². The normalized spacial score (nSPS) is 14.0. The lowest BCUT2D eigenvalue weighted by atomic mass is 9.32. The third-order valence-corrected chi connectivity index (χ3v) is 25.2. The van der Waals surface area contributed by atoms with Crippen LogP contribution in [0.4, 0.5) is 68.2 Å². The summed E-state index contributed by atoms with van der Waals surface area (Å²) in [6.45, 7) is 9.28. The first-order chi connectivity index (χ1) is 52.1. The molecule has 106 heavy (non-hydrogen) atoms. The minimum absolute atomic E-state index is 0.200. The summed E-state index contributed by atoms with van der Waals surface area (Å²) in [7, 11) is 0. The van der Waals surface area contributed by atoms with Gasteiger partial charge in [0.05, 0.1) is 11.4 Å². The Morgan fingerprint density at radius 1 is 0.245 bits per heavy atom. The van der Waals surface area contributed by atoms with Crippen LogP contribution in [0.1, 0.15) is 49.9 Å². The molecular formula is C96H68B2N4O2S2. The van der Waals surface area contributed by atoms with E-state index < -0.39 is 0 Å². The van der Waals surface area contributed by atoms with Gasteiger partial charge in [0.15, 0.2) is 0 Å². The molecule has 0 spiro atoms. The van der Waals surface area contributed by atoms with Crippen molar-refractivity contribution in [2.75, 3.05) is 19.6 Å². The summed E-state index contributed by atoms with van der Waals surface area (Å²) in [5, 5.41) is 0. The summed E-state index contributed by atoms with van der Waals surface area (Å²) in [5.41, 5.74) is 29.9. The zero-order valence-corrected chi connectivity index (χ0v) is 60.5. The third-order valence-electron chi connectivity index (χ3n) is 22.8. The van der Waals surface area contributed by atoms with Gasteiger partial charge < -0.3 is 29.1 Å². The number of rotatable bonds is 12. The Kier molecular flexibility index (Phi) is 14.3. The van der Waals surface area contributed by atoms with E-state index >= 15 is 0 Å². The zero-order chi connectivity index (χ0) is 70.5. The number of hydrogen-bond donors (Lipinski definition) is 0. The molecule has 0 saturated carbocycles. The van der Waals surface area contributed by atoms with Gasteiger partial charge in [0, 0.05) is 105 Å². The van der Waals surface area contributed by atoms with Crippen molar-refractivity contribution in [3.05, 3.63) is 362 Å². The molecule has 0 N–H and O–H groups in total. The molecule has 15 aromatic carbocycles. The topological polar surface area (TPSA) is 31.4 Å². The fourth-order valence-electron chi connectivity index (χ4n) is 17.9. The zero-order valence-electron chi connectivity index (χ0n) is 58.9. The second kappa shape index (κ2) is 24.3. The second-order valence-electron chi connectivity index (χ2n) is 29.5. The Hall–Kier alpha value is -12.1. The predicted octanol–water partition coefficient (Wildman–Crippen LogP) is 22.4. The van der Waals surface area contributed by atoms with Gasteiger partial charge in [-0.15, -0.1) is 0 Å². The molecule has 6 nitrogen and oxygen atoms in total. The standard InChI is InChI=1S/C96H68B2N4O2S2/c1-95(2)75-49-51-79-93(89(75)73-47-45-69(53-77(73)95)99(61-29-13-5-14-30-61)62-31-15-6-16-32-62)105-87-57-71(101(65-37-21-9-22-38-65)66-39-23-10-24-40-66)55-85-91(87)97(79)81-59-82-84(60-83(81)103-85)104-86-56-72(102(67-41-25-11-26-42-67)68-43-27-12-28-44-68)58-88-92(86)98(82)80-52-50-76-90(94(80)106-88)74-48-46-70(54-78(74)96(76,3)4)100(63-33-17-7-18-34-63)64-35-19-8-20-36-64/h5-60H,1-4H3. The fraction of sp³-hybridized carbons (Fsp3) is 0.0625. The monoisotopic (exact) mass is 1390 g/mol. The van der Waals surface area contributed by atoms with Gasteiger partial charge in [-0.25, -0.2) is 0 Å². The van der Waals surface area contributed by atoms with Gasteiger partial charge in [-0.3, -0.25) is 0 Å². The minimum Gasteiger partial charge on any atom is -0.458 e. The van der Waals surface area contributed by atoms with Crippen LogP contribution in [0.25, 0.3) is 22.3 Å². The first kappa shape index (κ1) is 62.5. The van der Waals surface area contributed by atoms with E-state index in [1.807, 2.05) is 23.5 Å². The van der Waals surface area contributed by atoms with Crippen LogP contribution in [-0.2, 0) is 10.8 Å². The number of para-hydroxylation sites is 8. The van der Waals surface area contributed by atoms with Crippen molar-refractivity contribution in [3.63, 3.8) is 0 Å². The predicted molar refractivity (Wildman–Crippen MR) is 444 cm³/mol. The second-order valence-corrected chi connectivity index (χ2v) is 31.6. The van der Waals surface area contributed by atoms with Crippen molar-refractivity contribution in [1.29, 1.82) is 0 Å². The SMILES string of the molecule is CC1(C)c2cc(N(c3ccccc3)c3ccccc3)ccc2-c2c1ccc1c2Sc2cc(N(c3ccccc3)c3ccccc3)cc3c2B1c1cc2c(cc1O3)Oc1cc(N(c3ccccc3)c3ccccc3)cc3c1B2c1ccc2c(c1S3)-c1ccc(N(c3ccccc3)c3ccccc3)cc1C2(C)C. The van der Waals surface area contributed by atoms with Crippen molar-refractivity contribution in [3.8, 4) is 45.3 Å². The van der Waals surface area contributed by atoms with E-state index in [-0.39, 0.29) is 24.3 Å².